The van der Waals surface area contributed by atoms with E-state index in [0.29, 0.717) is 17.0 Å². The maximum Gasteiger partial charge on any atom is 0.129 e. The fraction of sp³-hybridized carbons (Fsp3) is 0.273. The molecule has 4 heteroatoms. The molecule has 0 aromatic heterocycles. The number of nitrogens with two attached hydrogens (primary N) is 1. The summed E-state index contributed by atoms with van der Waals surface area (Å²) in [6.45, 7) is 5.63. The van der Waals surface area contributed by atoms with Gasteiger partial charge in [-0.2, -0.15) is 0 Å². The molecule has 0 fully saturated rings. The molecule has 15 heavy (non-hydrogen) atoms. The van der Waals surface area contributed by atoms with Gasteiger partial charge in [-0.25, -0.2) is 4.39 Å². The number of halogens is 2. The molecule has 0 aliphatic heterocycles. The van der Waals surface area contributed by atoms with Gasteiger partial charge in [0.2, 0.25) is 0 Å². The van der Waals surface area contributed by atoms with E-state index in [0.717, 1.165) is 5.57 Å². The highest BCUT2D eigenvalue weighted by Crippen LogP contribution is 2.28. The molecule has 1 aromatic carbocycles. The Bertz CT molecular complexity index is 345. The maximum atomic E-state index is 13.5. The second kappa shape index (κ2) is 5.26. The van der Waals surface area contributed by atoms with Crippen molar-refractivity contribution in [2.24, 2.45) is 5.84 Å². The van der Waals surface area contributed by atoms with Crippen LogP contribution in [0.5, 0.6) is 0 Å². The van der Waals surface area contributed by atoms with E-state index in [1.807, 2.05) is 6.92 Å². The lowest BCUT2D eigenvalue weighted by atomic mass is 10.0. The summed E-state index contributed by atoms with van der Waals surface area (Å²) in [6.07, 6.45) is 0.553. The minimum Gasteiger partial charge on any atom is -0.271 e. The van der Waals surface area contributed by atoms with Crippen molar-refractivity contribution in [3.8, 4) is 0 Å². The third-order valence-corrected chi connectivity index (χ3v) is 2.43. The van der Waals surface area contributed by atoms with Gasteiger partial charge in [-0.3, -0.25) is 11.3 Å². The Morgan fingerprint density at radius 3 is 2.80 bits per heavy atom. The molecule has 0 saturated carbocycles. The Balaban J connectivity index is 3.05. The van der Waals surface area contributed by atoms with Gasteiger partial charge < -0.3 is 0 Å². The van der Waals surface area contributed by atoms with Crippen LogP contribution in [0, 0.1) is 5.82 Å². The molecule has 0 aliphatic carbocycles. The van der Waals surface area contributed by atoms with Gasteiger partial charge in [-0.1, -0.05) is 23.2 Å². The van der Waals surface area contributed by atoms with Crippen LogP contribution >= 0.6 is 11.6 Å². The van der Waals surface area contributed by atoms with Crippen LogP contribution in [0.15, 0.2) is 30.4 Å². The monoisotopic (exact) mass is 228 g/mol. The first-order chi connectivity index (χ1) is 7.06. The smallest absolute Gasteiger partial charge is 0.129 e. The Labute approximate surface area is 93.9 Å². The van der Waals surface area contributed by atoms with E-state index in [-0.39, 0.29) is 11.9 Å². The van der Waals surface area contributed by atoms with Crippen molar-refractivity contribution in [3.05, 3.63) is 46.8 Å². The topological polar surface area (TPSA) is 38.0 Å². The molecule has 0 spiro atoms. The molecule has 3 N–H and O–H groups in total. The summed E-state index contributed by atoms with van der Waals surface area (Å²) in [7, 11) is 0. The first kappa shape index (κ1) is 12.2. The summed E-state index contributed by atoms with van der Waals surface area (Å²) in [5.41, 5.74) is 3.85. The van der Waals surface area contributed by atoms with Crippen molar-refractivity contribution in [2.45, 2.75) is 19.4 Å². The van der Waals surface area contributed by atoms with Crippen LogP contribution in [-0.4, -0.2) is 0 Å². The highest BCUT2D eigenvalue weighted by atomic mass is 35.5. The third-order valence-electron chi connectivity index (χ3n) is 2.10. The van der Waals surface area contributed by atoms with Crippen molar-refractivity contribution < 1.29 is 4.39 Å². The molecule has 0 aliphatic rings. The van der Waals surface area contributed by atoms with E-state index in [2.05, 4.69) is 12.0 Å². The van der Waals surface area contributed by atoms with Crippen molar-refractivity contribution in [2.75, 3.05) is 0 Å². The molecule has 0 heterocycles. The number of hydrogen-bond donors (Lipinski definition) is 2. The summed E-state index contributed by atoms with van der Waals surface area (Å²) < 4.78 is 13.5. The molecular weight excluding hydrogens is 215 g/mol. The van der Waals surface area contributed by atoms with E-state index in [1.165, 1.54) is 6.07 Å². The van der Waals surface area contributed by atoms with Crippen LogP contribution in [0.4, 0.5) is 4.39 Å². The molecule has 2 nitrogen and oxygen atoms in total. The van der Waals surface area contributed by atoms with Gasteiger partial charge in [0.15, 0.2) is 0 Å². The minimum absolute atomic E-state index is 0.337. The van der Waals surface area contributed by atoms with Gasteiger partial charge in [0, 0.05) is 10.6 Å². The van der Waals surface area contributed by atoms with Gasteiger partial charge in [0.05, 0.1) is 6.04 Å². The molecule has 1 rings (SSSR count). The summed E-state index contributed by atoms with van der Waals surface area (Å²) in [4.78, 5) is 0. The molecule has 0 bridgehead atoms. The van der Waals surface area contributed by atoms with Gasteiger partial charge in [-0.05, 0) is 25.5 Å². The van der Waals surface area contributed by atoms with E-state index in [9.17, 15) is 4.39 Å². The van der Waals surface area contributed by atoms with Crippen molar-refractivity contribution in [1.29, 1.82) is 0 Å². The molecule has 0 saturated heterocycles. The zero-order valence-corrected chi connectivity index (χ0v) is 9.31. The van der Waals surface area contributed by atoms with Crippen molar-refractivity contribution in [3.63, 3.8) is 0 Å². The lowest BCUT2D eigenvalue weighted by Gasteiger charge is -2.18. The molecule has 0 radical (unpaired) electrons. The largest absolute Gasteiger partial charge is 0.271 e. The first-order valence-electron chi connectivity index (χ1n) is 4.60. The fourth-order valence-electron chi connectivity index (χ4n) is 1.44. The highest BCUT2D eigenvalue weighted by molar-refractivity contribution is 6.31. The van der Waals surface area contributed by atoms with Gasteiger partial charge >= 0.3 is 0 Å². The van der Waals surface area contributed by atoms with Gasteiger partial charge in [-0.15, -0.1) is 6.58 Å². The van der Waals surface area contributed by atoms with Crippen LogP contribution in [-0.2, 0) is 0 Å². The average Bonchev–Trinajstić information content (AvgIpc) is 2.15. The molecule has 82 valence electrons. The van der Waals surface area contributed by atoms with E-state index < -0.39 is 0 Å². The van der Waals surface area contributed by atoms with Gasteiger partial charge in [0.25, 0.3) is 0 Å². The SMILES string of the molecule is C=C(C)CC(NN)c1c(F)cccc1Cl. The second-order valence-corrected chi connectivity index (χ2v) is 3.92. The van der Waals surface area contributed by atoms with E-state index in [4.69, 9.17) is 17.4 Å². The lowest BCUT2D eigenvalue weighted by Crippen LogP contribution is -2.29. The van der Waals surface area contributed by atoms with Crippen molar-refractivity contribution in [1.82, 2.24) is 5.43 Å². The number of benzene rings is 1. The Morgan fingerprint density at radius 1 is 1.67 bits per heavy atom. The molecule has 1 atom stereocenters. The van der Waals surface area contributed by atoms with Crippen LogP contribution in [0.25, 0.3) is 0 Å². The predicted molar refractivity (Wildman–Crippen MR) is 60.9 cm³/mol. The highest BCUT2D eigenvalue weighted by Gasteiger charge is 2.17. The van der Waals surface area contributed by atoms with E-state index >= 15 is 0 Å². The zero-order chi connectivity index (χ0) is 11.4. The summed E-state index contributed by atoms with van der Waals surface area (Å²) in [6, 6.07) is 4.23. The Kier molecular flexibility index (Phi) is 4.27. The third kappa shape index (κ3) is 3.02. The Morgan fingerprint density at radius 2 is 2.33 bits per heavy atom. The number of rotatable bonds is 4. The molecule has 0 amide bonds. The maximum absolute atomic E-state index is 13.5. The predicted octanol–water partition coefficient (Wildman–Crippen LogP) is 2.95. The Hall–Kier alpha value is -0.900. The first-order valence-corrected chi connectivity index (χ1v) is 4.98. The zero-order valence-electron chi connectivity index (χ0n) is 8.56. The number of nitrogens with one attached hydrogen (secondary N) is 1. The lowest BCUT2D eigenvalue weighted by molar-refractivity contribution is 0.510. The quantitative estimate of drug-likeness (QED) is 0.473. The second-order valence-electron chi connectivity index (χ2n) is 3.52. The molecule has 1 aromatic rings. The van der Waals surface area contributed by atoms with Crippen LogP contribution in [0.1, 0.15) is 24.9 Å². The number of hydrogen-bond acceptors (Lipinski definition) is 2. The molecule has 1 unspecified atom stereocenters. The van der Waals surface area contributed by atoms with Crippen molar-refractivity contribution >= 4 is 11.6 Å². The summed E-state index contributed by atoms with van der Waals surface area (Å²) in [5.74, 6) is 5.02. The van der Waals surface area contributed by atoms with Gasteiger partial charge in [0.1, 0.15) is 5.82 Å². The summed E-state index contributed by atoms with van der Waals surface area (Å²) in [5, 5.41) is 0.374. The normalized spacial score (nSPS) is 12.5. The summed E-state index contributed by atoms with van der Waals surface area (Å²) >= 11 is 5.92. The van der Waals surface area contributed by atoms with Crippen LogP contribution < -0.4 is 11.3 Å². The van der Waals surface area contributed by atoms with Crippen LogP contribution in [0.3, 0.4) is 0 Å². The van der Waals surface area contributed by atoms with E-state index in [1.54, 1.807) is 12.1 Å². The fourth-order valence-corrected chi connectivity index (χ4v) is 1.73. The van der Waals surface area contributed by atoms with Crippen LogP contribution in [0.2, 0.25) is 5.02 Å². The molecular formula is C11H14ClFN2. The standard InChI is InChI=1S/C11H14ClFN2/c1-7(2)6-10(15-14)11-8(12)4-3-5-9(11)13/h3-5,10,15H,1,6,14H2,2H3. The minimum atomic E-state index is -0.355. The average molecular weight is 229 g/mol. The number of hydrazine groups is 1.